The van der Waals surface area contributed by atoms with Gasteiger partial charge in [0.05, 0.1) is 16.9 Å². The Morgan fingerprint density at radius 1 is 0.519 bits per heavy atom. The molecular weight excluding hydrogens is 811 g/mol. The topological polar surface area (TPSA) is 30.7 Å². The first-order chi connectivity index (χ1) is 25.0. The molecule has 0 fully saturated rings. The van der Waals surface area contributed by atoms with Crippen molar-refractivity contribution < 1.29 is 20.1 Å². The monoisotopic (exact) mass is 852 g/mol. The summed E-state index contributed by atoms with van der Waals surface area (Å²) in [6, 6.07) is 61.2. The third-order valence-corrected chi connectivity index (χ3v) is 9.10. The zero-order valence-corrected chi connectivity index (χ0v) is 32.3. The van der Waals surface area contributed by atoms with Crippen molar-refractivity contribution in [2.45, 2.75) is 39.5 Å². The number of aromatic nitrogens is 3. The number of pyridine rings is 1. The largest absolute Gasteiger partial charge is 0.333 e. The van der Waals surface area contributed by atoms with Crippen LogP contribution in [-0.2, 0) is 20.1 Å². The molecule has 0 aliphatic heterocycles. The molecule has 0 atom stereocenters. The standard InChI is InChI=1S/C37H33N2.C11H8N.Ir/c1-25(2)32-23-31(28-16-9-6-10-17-28)24-33(26(3)4)36(32)39-35-21-12-11-20-34(35)38-37(39)30-19-13-18-29(22-30)27-14-7-5-8-15-27;1-2-6-10(7-3-1)11-8-4-5-9-12-11;/h5-18,20-26H,1-4H3;1-6,8-9H;/q2*-1;. The Hall–Kier alpha value is -5.41. The van der Waals surface area contributed by atoms with Crippen molar-refractivity contribution in [1.29, 1.82) is 0 Å². The molecule has 3 nitrogen and oxygen atoms in total. The van der Waals surface area contributed by atoms with Gasteiger partial charge in [-0.2, -0.15) is 0 Å². The summed E-state index contributed by atoms with van der Waals surface area (Å²) in [4.78, 5) is 9.43. The number of hydrogen-bond donors (Lipinski definition) is 0. The molecule has 1 radical (unpaired) electrons. The van der Waals surface area contributed by atoms with Crippen LogP contribution in [0.25, 0.3) is 61.6 Å². The van der Waals surface area contributed by atoms with Crippen molar-refractivity contribution in [2.24, 2.45) is 0 Å². The van der Waals surface area contributed by atoms with E-state index in [1.54, 1.807) is 6.20 Å². The molecule has 8 aromatic rings. The van der Waals surface area contributed by atoms with Gasteiger partial charge in [-0.3, -0.25) is 4.98 Å². The van der Waals surface area contributed by atoms with Crippen LogP contribution in [0.2, 0.25) is 0 Å². The van der Waals surface area contributed by atoms with E-state index in [0.717, 1.165) is 39.2 Å². The van der Waals surface area contributed by atoms with E-state index in [2.05, 4.69) is 159 Å². The fraction of sp³-hybridized carbons (Fsp3) is 0.125. The van der Waals surface area contributed by atoms with Gasteiger partial charge in [0, 0.05) is 32.0 Å². The van der Waals surface area contributed by atoms with E-state index >= 15 is 0 Å². The molecule has 0 aliphatic carbocycles. The zero-order valence-electron chi connectivity index (χ0n) is 29.9. The normalized spacial score (nSPS) is 10.9. The maximum Gasteiger partial charge on any atom is 0.0774 e. The molecule has 259 valence electrons. The summed E-state index contributed by atoms with van der Waals surface area (Å²) in [7, 11) is 0. The van der Waals surface area contributed by atoms with Crippen LogP contribution < -0.4 is 0 Å². The van der Waals surface area contributed by atoms with Crippen molar-refractivity contribution >= 4 is 11.0 Å². The van der Waals surface area contributed by atoms with Gasteiger partial charge in [0.25, 0.3) is 0 Å². The molecule has 0 saturated heterocycles. The minimum atomic E-state index is 0. The Bertz CT molecular complexity index is 2280. The van der Waals surface area contributed by atoms with Crippen LogP contribution in [-0.4, -0.2) is 14.5 Å². The number of para-hydroxylation sites is 2. The van der Waals surface area contributed by atoms with Crippen LogP contribution in [0.5, 0.6) is 0 Å². The Morgan fingerprint density at radius 2 is 1.12 bits per heavy atom. The van der Waals surface area contributed by atoms with Crippen molar-refractivity contribution in [3.63, 3.8) is 0 Å². The summed E-state index contributed by atoms with van der Waals surface area (Å²) in [6.45, 7) is 9.16. The minimum absolute atomic E-state index is 0. The molecule has 0 aliphatic rings. The second kappa shape index (κ2) is 16.7. The van der Waals surface area contributed by atoms with Crippen molar-refractivity contribution in [3.05, 3.63) is 187 Å². The molecule has 0 amide bonds. The van der Waals surface area contributed by atoms with Gasteiger partial charge in [-0.05, 0) is 75.7 Å². The van der Waals surface area contributed by atoms with Crippen LogP contribution in [0.3, 0.4) is 0 Å². The van der Waals surface area contributed by atoms with Crippen LogP contribution in [0, 0.1) is 12.1 Å². The quantitative estimate of drug-likeness (QED) is 0.150. The Morgan fingerprint density at radius 3 is 1.73 bits per heavy atom. The number of fused-ring (bicyclic) bond motifs is 1. The molecule has 2 aromatic heterocycles. The zero-order chi connectivity index (χ0) is 35.2. The SMILES string of the molecule is CC(C)c1cc(-c2ccccc2)cc(C(C)C)c1-n1c(-c2[c-]ccc(-c3ccccc3)c2)nc2ccccc21.[Ir].[c-]1ccccc1-c1ccccn1. The fourth-order valence-corrected chi connectivity index (χ4v) is 6.53. The van der Waals surface area contributed by atoms with E-state index in [1.807, 2.05) is 48.5 Å². The molecule has 8 rings (SSSR count). The molecule has 0 bridgehead atoms. The van der Waals surface area contributed by atoms with E-state index in [-0.39, 0.29) is 20.1 Å². The molecule has 2 heterocycles. The van der Waals surface area contributed by atoms with Crippen LogP contribution in [0.1, 0.15) is 50.7 Å². The van der Waals surface area contributed by atoms with E-state index in [0.29, 0.717) is 11.8 Å². The predicted molar refractivity (Wildman–Crippen MR) is 213 cm³/mol. The van der Waals surface area contributed by atoms with E-state index in [9.17, 15) is 0 Å². The molecule has 0 spiro atoms. The second-order valence-electron chi connectivity index (χ2n) is 13.3. The van der Waals surface area contributed by atoms with E-state index < -0.39 is 0 Å². The smallest absolute Gasteiger partial charge is 0.0774 e. The van der Waals surface area contributed by atoms with Gasteiger partial charge in [0.1, 0.15) is 0 Å². The Balaban J connectivity index is 0.000000302. The Labute approximate surface area is 321 Å². The molecule has 6 aromatic carbocycles. The molecule has 0 saturated carbocycles. The summed E-state index contributed by atoms with van der Waals surface area (Å²) in [6.07, 6.45) is 1.79. The summed E-state index contributed by atoms with van der Waals surface area (Å²) in [5.74, 6) is 1.58. The summed E-state index contributed by atoms with van der Waals surface area (Å²) < 4.78 is 2.38. The van der Waals surface area contributed by atoms with Crippen molar-refractivity contribution in [3.8, 4) is 50.6 Å². The number of imidazole rings is 1. The minimum Gasteiger partial charge on any atom is -0.333 e. The number of benzene rings is 6. The third-order valence-electron chi connectivity index (χ3n) is 9.10. The van der Waals surface area contributed by atoms with Gasteiger partial charge in [-0.1, -0.05) is 113 Å². The second-order valence-corrected chi connectivity index (χ2v) is 13.3. The molecule has 0 N–H and O–H groups in total. The molecule has 52 heavy (non-hydrogen) atoms. The van der Waals surface area contributed by atoms with Crippen LogP contribution in [0.15, 0.2) is 164 Å². The maximum absolute atomic E-state index is 5.21. The predicted octanol–water partition coefficient (Wildman–Crippen LogP) is 12.6. The maximum atomic E-state index is 5.21. The van der Waals surface area contributed by atoms with Crippen LogP contribution >= 0.6 is 0 Å². The first kappa shape index (κ1) is 36.4. The third kappa shape index (κ3) is 7.90. The van der Waals surface area contributed by atoms with Gasteiger partial charge in [-0.25, -0.2) is 0 Å². The molecule has 0 unspecified atom stereocenters. The molecular formula is C48H41IrN3-2. The van der Waals surface area contributed by atoms with E-state index in [1.165, 1.54) is 33.5 Å². The summed E-state index contributed by atoms with van der Waals surface area (Å²) in [5.41, 5.74) is 13.8. The Kier molecular flexibility index (Phi) is 11.7. The first-order valence-corrected chi connectivity index (χ1v) is 17.6. The van der Waals surface area contributed by atoms with Crippen molar-refractivity contribution in [2.75, 3.05) is 0 Å². The average Bonchev–Trinajstić information content (AvgIpc) is 3.58. The summed E-state index contributed by atoms with van der Waals surface area (Å²) >= 11 is 0. The number of nitrogens with zero attached hydrogens (tertiary/aromatic N) is 3. The average molecular weight is 852 g/mol. The van der Waals surface area contributed by atoms with Gasteiger partial charge in [0.15, 0.2) is 0 Å². The fourth-order valence-electron chi connectivity index (χ4n) is 6.53. The van der Waals surface area contributed by atoms with Gasteiger partial charge < -0.3 is 9.55 Å². The van der Waals surface area contributed by atoms with E-state index in [4.69, 9.17) is 4.98 Å². The van der Waals surface area contributed by atoms with Gasteiger partial charge in [0.2, 0.25) is 0 Å². The summed E-state index contributed by atoms with van der Waals surface area (Å²) in [5, 5.41) is 0. The van der Waals surface area contributed by atoms with Gasteiger partial charge >= 0.3 is 0 Å². The molecule has 4 heteroatoms. The van der Waals surface area contributed by atoms with Gasteiger partial charge in [-0.15, -0.1) is 71.3 Å². The van der Waals surface area contributed by atoms with Crippen LogP contribution in [0.4, 0.5) is 0 Å². The first-order valence-electron chi connectivity index (χ1n) is 17.6. The number of hydrogen-bond acceptors (Lipinski definition) is 2. The number of rotatable bonds is 7. The van der Waals surface area contributed by atoms with Crippen molar-refractivity contribution in [1.82, 2.24) is 14.5 Å².